The van der Waals surface area contributed by atoms with Crippen LogP contribution in [0.4, 0.5) is 4.39 Å². The second-order valence-electron chi connectivity index (χ2n) is 4.67. The van der Waals surface area contributed by atoms with Crippen LogP contribution in [0.25, 0.3) is 11.0 Å². The van der Waals surface area contributed by atoms with Crippen LogP contribution >= 0.6 is 0 Å². The van der Waals surface area contributed by atoms with Gasteiger partial charge in [-0.3, -0.25) is 9.59 Å². The van der Waals surface area contributed by atoms with Crippen LogP contribution in [-0.2, 0) is 11.2 Å². The van der Waals surface area contributed by atoms with Crippen molar-refractivity contribution in [3.63, 3.8) is 0 Å². The number of methoxy groups -OCH3 is 1. The lowest BCUT2D eigenvalue weighted by molar-refractivity contribution is -0.118. The minimum absolute atomic E-state index is 0.143. The van der Waals surface area contributed by atoms with Gasteiger partial charge in [-0.1, -0.05) is 0 Å². The summed E-state index contributed by atoms with van der Waals surface area (Å²) >= 11 is 0. The summed E-state index contributed by atoms with van der Waals surface area (Å²) in [5, 5.41) is 5.17. The number of pyridine rings is 1. The summed E-state index contributed by atoms with van der Waals surface area (Å²) in [5.41, 5.74) is 1.74. The molecular weight excluding hydrogens is 291 g/mol. The fraction of sp³-hybridized carbons (Fsp3) is 0.357. The zero-order valence-corrected chi connectivity index (χ0v) is 12.5. The summed E-state index contributed by atoms with van der Waals surface area (Å²) in [6.07, 6.45) is 0.379. The molecule has 0 radical (unpaired) electrons. The van der Waals surface area contributed by atoms with E-state index in [-0.39, 0.29) is 17.7 Å². The van der Waals surface area contributed by atoms with Crippen molar-refractivity contribution in [1.82, 2.24) is 20.6 Å². The van der Waals surface area contributed by atoms with Gasteiger partial charge < -0.3 is 20.4 Å². The third-order valence-electron chi connectivity index (χ3n) is 3.19. The number of carbonyl (C=O) groups is 2. The Bertz CT molecular complexity index is 726. The van der Waals surface area contributed by atoms with Gasteiger partial charge in [-0.25, -0.2) is 9.37 Å². The van der Waals surface area contributed by atoms with Crippen molar-refractivity contribution in [1.29, 1.82) is 0 Å². The van der Waals surface area contributed by atoms with E-state index in [0.29, 0.717) is 35.3 Å². The fourth-order valence-electron chi connectivity index (χ4n) is 2.19. The van der Waals surface area contributed by atoms with Gasteiger partial charge >= 0.3 is 0 Å². The van der Waals surface area contributed by atoms with Gasteiger partial charge in [0, 0.05) is 32.1 Å². The molecule has 0 unspecified atom stereocenters. The maximum atomic E-state index is 13.7. The SMILES string of the molecule is CNC(=O)c1[nH]c2cc(F)c(OC)nc2c1CCNC(C)=O. The van der Waals surface area contributed by atoms with Crippen LogP contribution in [0.15, 0.2) is 6.07 Å². The Morgan fingerprint density at radius 2 is 2.18 bits per heavy atom. The Labute approximate surface area is 126 Å². The smallest absolute Gasteiger partial charge is 0.267 e. The third kappa shape index (κ3) is 3.00. The Morgan fingerprint density at radius 1 is 1.45 bits per heavy atom. The molecule has 0 aliphatic carbocycles. The van der Waals surface area contributed by atoms with Gasteiger partial charge in [-0.05, 0) is 6.42 Å². The second kappa shape index (κ2) is 6.42. The summed E-state index contributed by atoms with van der Waals surface area (Å²) in [7, 11) is 2.82. The van der Waals surface area contributed by atoms with Crippen molar-refractivity contribution >= 4 is 22.8 Å². The Morgan fingerprint density at radius 3 is 2.77 bits per heavy atom. The monoisotopic (exact) mass is 308 g/mol. The molecule has 0 aliphatic heterocycles. The van der Waals surface area contributed by atoms with Crippen LogP contribution < -0.4 is 15.4 Å². The molecule has 0 bridgehead atoms. The molecule has 22 heavy (non-hydrogen) atoms. The topological polar surface area (TPSA) is 96.1 Å². The van der Waals surface area contributed by atoms with Crippen LogP contribution in [0.5, 0.6) is 5.88 Å². The van der Waals surface area contributed by atoms with E-state index in [1.165, 1.54) is 27.1 Å². The van der Waals surface area contributed by atoms with Crippen molar-refractivity contribution < 1.29 is 18.7 Å². The summed E-state index contributed by atoms with van der Waals surface area (Å²) in [4.78, 5) is 29.9. The minimum Gasteiger partial charge on any atom is -0.479 e. The number of aromatic nitrogens is 2. The van der Waals surface area contributed by atoms with Crippen LogP contribution in [-0.4, -0.2) is 42.5 Å². The van der Waals surface area contributed by atoms with E-state index in [1.54, 1.807) is 0 Å². The molecule has 0 spiro atoms. The lowest BCUT2D eigenvalue weighted by Crippen LogP contribution is -2.24. The molecule has 0 saturated heterocycles. The highest BCUT2D eigenvalue weighted by Gasteiger charge is 2.20. The Balaban J connectivity index is 2.51. The number of amides is 2. The maximum Gasteiger partial charge on any atom is 0.267 e. The Kier molecular flexibility index (Phi) is 4.59. The molecule has 8 heteroatoms. The quantitative estimate of drug-likeness (QED) is 0.759. The number of fused-ring (bicyclic) bond motifs is 1. The average Bonchev–Trinajstić information content (AvgIpc) is 2.83. The molecule has 0 fully saturated rings. The lowest BCUT2D eigenvalue weighted by Gasteiger charge is -2.05. The lowest BCUT2D eigenvalue weighted by atomic mass is 10.1. The van der Waals surface area contributed by atoms with E-state index in [0.717, 1.165) is 0 Å². The number of rotatable bonds is 5. The summed E-state index contributed by atoms with van der Waals surface area (Å²) in [5.74, 6) is -1.27. The van der Waals surface area contributed by atoms with E-state index in [1.807, 2.05) is 0 Å². The van der Waals surface area contributed by atoms with Crippen LogP contribution in [0.3, 0.4) is 0 Å². The molecule has 2 rings (SSSR count). The van der Waals surface area contributed by atoms with E-state index in [2.05, 4.69) is 20.6 Å². The highest BCUT2D eigenvalue weighted by atomic mass is 19.1. The number of hydrogen-bond acceptors (Lipinski definition) is 4. The second-order valence-corrected chi connectivity index (χ2v) is 4.67. The molecule has 2 heterocycles. The van der Waals surface area contributed by atoms with E-state index < -0.39 is 5.82 Å². The predicted molar refractivity (Wildman–Crippen MR) is 78.4 cm³/mol. The standard InChI is InChI=1S/C14H17FN4O3/c1-7(20)17-5-4-8-11-10(18-12(8)13(21)16-2)6-9(15)14(19-11)22-3/h6,18H,4-5H2,1-3H3,(H,16,21)(H,17,20). The summed E-state index contributed by atoms with van der Waals surface area (Å²) < 4.78 is 18.6. The predicted octanol–water partition coefficient (Wildman–Crippen LogP) is 0.749. The molecule has 7 nitrogen and oxygen atoms in total. The number of halogens is 1. The number of ether oxygens (including phenoxy) is 1. The third-order valence-corrected chi connectivity index (χ3v) is 3.19. The minimum atomic E-state index is -0.617. The molecule has 3 N–H and O–H groups in total. The highest BCUT2D eigenvalue weighted by Crippen LogP contribution is 2.26. The van der Waals surface area contributed by atoms with Gasteiger partial charge in [0.25, 0.3) is 11.8 Å². The molecule has 0 aromatic carbocycles. The van der Waals surface area contributed by atoms with E-state index in [9.17, 15) is 14.0 Å². The fourth-order valence-corrected chi connectivity index (χ4v) is 2.19. The Hall–Kier alpha value is -2.64. The van der Waals surface area contributed by atoms with Gasteiger partial charge in [-0.15, -0.1) is 0 Å². The number of H-pyrrole nitrogens is 1. The van der Waals surface area contributed by atoms with Crippen LogP contribution in [0.2, 0.25) is 0 Å². The number of hydrogen-bond donors (Lipinski definition) is 3. The van der Waals surface area contributed by atoms with Crippen LogP contribution in [0, 0.1) is 5.82 Å². The number of aromatic amines is 1. The number of nitrogens with one attached hydrogen (secondary N) is 3. The first-order valence-corrected chi connectivity index (χ1v) is 6.69. The first-order chi connectivity index (χ1) is 10.5. The van der Waals surface area contributed by atoms with Crippen molar-refractivity contribution in [2.24, 2.45) is 0 Å². The molecule has 0 saturated carbocycles. The molecule has 2 aromatic heterocycles. The first-order valence-electron chi connectivity index (χ1n) is 6.69. The van der Waals surface area contributed by atoms with Crippen molar-refractivity contribution in [3.8, 4) is 5.88 Å². The van der Waals surface area contributed by atoms with Gasteiger partial charge in [0.1, 0.15) is 5.69 Å². The van der Waals surface area contributed by atoms with Gasteiger partial charge in [0.15, 0.2) is 5.82 Å². The van der Waals surface area contributed by atoms with Gasteiger partial charge in [0.2, 0.25) is 5.91 Å². The molecule has 0 aliphatic rings. The number of carbonyl (C=O) groups excluding carboxylic acids is 2. The summed E-state index contributed by atoms with van der Waals surface area (Å²) in [6, 6.07) is 1.23. The first kappa shape index (κ1) is 15.7. The zero-order chi connectivity index (χ0) is 16.3. The average molecular weight is 308 g/mol. The molecular formula is C14H17FN4O3. The molecule has 0 atom stereocenters. The maximum absolute atomic E-state index is 13.7. The molecule has 2 amide bonds. The summed E-state index contributed by atoms with van der Waals surface area (Å²) in [6.45, 7) is 1.75. The highest BCUT2D eigenvalue weighted by molar-refractivity contribution is 6.00. The van der Waals surface area contributed by atoms with E-state index >= 15 is 0 Å². The van der Waals surface area contributed by atoms with Crippen molar-refractivity contribution in [2.45, 2.75) is 13.3 Å². The largest absolute Gasteiger partial charge is 0.479 e. The van der Waals surface area contributed by atoms with Gasteiger partial charge in [0.05, 0.1) is 18.1 Å². The zero-order valence-electron chi connectivity index (χ0n) is 12.5. The van der Waals surface area contributed by atoms with E-state index in [4.69, 9.17) is 4.74 Å². The number of nitrogens with zero attached hydrogens (tertiary/aromatic N) is 1. The molecule has 2 aromatic rings. The van der Waals surface area contributed by atoms with Crippen molar-refractivity contribution in [2.75, 3.05) is 20.7 Å². The van der Waals surface area contributed by atoms with Crippen molar-refractivity contribution in [3.05, 3.63) is 23.1 Å². The normalized spacial score (nSPS) is 10.5. The molecule has 118 valence electrons. The van der Waals surface area contributed by atoms with Gasteiger partial charge in [-0.2, -0.15) is 0 Å². The van der Waals surface area contributed by atoms with Crippen LogP contribution in [0.1, 0.15) is 23.0 Å².